The van der Waals surface area contributed by atoms with Gasteiger partial charge in [0.15, 0.2) is 0 Å². The Morgan fingerprint density at radius 3 is 1.83 bits per heavy atom. The molecule has 0 aliphatic heterocycles. The van der Waals surface area contributed by atoms with E-state index in [1.165, 1.54) is 96.8 Å². The molecule has 0 nitrogen and oxygen atoms in total. The average molecular weight is 853 g/mol. The first kappa shape index (κ1) is 52.6. The second-order valence-electron chi connectivity index (χ2n) is 17.9. The summed E-state index contributed by atoms with van der Waals surface area (Å²) in [5, 5.41) is 0. The summed E-state index contributed by atoms with van der Waals surface area (Å²) < 4.78 is 12.3. The third-order valence-electron chi connectivity index (χ3n) is 12.5. The molecule has 2 aliphatic carbocycles. The quantitative estimate of drug-likeness (QED) is 0.130. The van der Waals surface area contributed by atoms with Crippen molar-refractivity contribution in [3.05, 3.63) is 232 Å². The number of rotatable bonds is 9. The van der Waals surface area contributed by atoms with Crippen molar-refractivity contribution in [1.29, 1.82) is 0 Å². The maximum atomic E-state index is 12.3. The van der Waals surface area contributed by atoms with Crippen molar-refractivity contribution in [3.8, 4) is 11.1 Å². The van der Waals surface area contributed by atoms with E-state index in [2.05, 4.69) is 181 Å². The SMILES string of the molecule is C=C/C(CC)=C(/C)C(=C)c1ccccc1C(C)CC.C=Cc1c(C)cc2c(c1C=C)-c1ccc(C)cc1C2(C)C.CC(C)C1=CCCC=C1.Cc1ccccc1.Cc1ccccc1F. The van der Waals surface area contributed by atoms with Crippen molar-refractivity contribution in [2.24, 2.45) is 5.92 Å². The van der Waals surface area contributed by atoms with Gasteiger partial charge in [0.25, 0.3) is 0 Å². The molecule has 0 N–H and O–H groups in total. The highest BCUT2D eigenvalue weighted by Gasteiger charge is 2.37. The van der Waals surface area contributed by atoms with E-state index in [-0.39, 0.29) is 11.2 Å². The third kappa shape index (κ3) is 13.9. The Hall–Kier alpha value is -5.79. The highest BCUT2D eigenvalue weighted by Crippen LogP contribution is 2.52. The molecule has 336 valence electrons. The normalized spacial score (nSPS) is 13.5. The average Bonchev–Trinajstić information content (AvgIpc) is 3.52. The molecule has 0 saturated heterocycles. The Labute approximate surface area is 389 Å². The van der Waals surface area contributed by atoms with E-state index < -0.39 is 0 Å². The van der Waals surface area contributed by atoms with Crippen LogP contribution in [0.25, 0.3) is 28.9 Å². The van der Waals surface area contributed by atoms with Crippen LogP contribution in [0.3, 0.4) is 0 Å². The second kappa shape index (κ2) is 25.5. The Bertz CT molecular complexity index is 2420. The molecule has 2 aliphatic rings. The molecule has 0 saturated carbocycles. The van der Waals surface area contributed by atoms with E-state index in [1.807, 2.05) is 42.5 Å². The van der Waals surface area contributed by atoms with Gasteiger partial charge in [0.05, 0.1) is 0 Å². The van der Waals surface area contributed by atoms with Gasteiger partial charge in [-0.1, -0.05) is 219 Å². The summed E-state index contributed by atoms with van der Waals surface area (Å²) in [4.78, 5) is 0. The monoisotopic (exact) mass is 853 g/mol. The molecule has 0 bridgehead atoms. The van der Waals surface area contributed by atoms with E-state index >= 15 is 0 Å². The summed E-state index contributed by atoms with van der Waals surface area (Å²) in [6.45, 7) is 42.3. The van der Waals surface area contributed by atoms with E-state index in [0.29, 0.717) is 17.4 Å². The molecule has 0 amide bonds. The van der Waals surface area contributed by atoms with Gasteiger partial charge < -0.3 is 0 Å². The summed E-state index contributed by atoms with van der Waals surface area (Å²) in [7, 11) is 0. The molecule has 0 aromatic heterocycles. The third-order valence-corrected chi connectivity index (χ3v) is 12.5. The lowest BCUT2D eigenvalue weighted by Gasteiger charge is -2.23. The van der Waals surface area contributed by atoms with Gasteiger partial charge in [-0.3, -0.25) is 0 Å². The van der Waals surface area contributed by atoms with Gasteiger partial charge in [-0.05, 0) is 156 Å². The molecule has 0 fully saturated rings. The number of benzene rings is 5. The molecule has 1 heteroatoms. The molecule has 0 spiro atoms. The van der Waals surface area contributed by atoms with Crippen LogP contribution in [-0.4, -0.2) is 0 Å². The first-order valence-corrected chi connectivity index (χ1v) is 23.2. The summed E-state index contributed by atoms with van der Waals surface area (Å²) in [6, 6.07) is 34.7. The van der Waals surface area contributed by atoms with Gasteiger partial charge in [-0.2, -0.15) is 0 Å². The van der Waals surface area contributed by atoms with Crippen LogP contribution in [0, 0.1) is 39.4 Å². The van der Waals surface area contributed by atoms with E-state index in [4.69, 9.17) is 0 Å². The van der Waals surface area contributed by atoms with Crippen molar-refractivity contribution >= 4 is 17.7 Å². The maximum Gasteiger partial charge on any atom is 0.126 e. The number of hydrogen-bond donors (Lipinski definition) is 0. The Balaban J connectivity index is 0.000000229. The van der Waals surface area contributed by atoms with Crippen molar-refractivity contribution < 1.29 is 4.39 Å². The number of halogens is 1. The van der Waals surface area contributed by atoms with Crippen molar-refractivity contribution in [3.63, 3.8) is 0 Å². The Morgan fingerprint density at radius 1 is 0.719 bits per heavy atom. The molecular formula is C63H77F. The summed E-state index contributed by atoms with van der Waals surface area (Å²) in [5.41, 5.74) is 20.4. The first-order valence-electron chi connectivity index (χ1n) is 23.2. The van der Waals surface area contributed by atoms with Crippen LogP contribution < -0.4 is 0 Å². The van der Waals surface area contributed by atoms with Gasteiger partial charge in [0, 0.05) is 5.41 Å². The lowest BCUT2D eigenvalue weighted by atomic mass is 9.80. The zero-order valence-electron chi connectivity index (χ0n) is 41.5. The lowest BCUT2D eigenvalue weighted by molar-refractivity contribution is 0.618. The summed E-state index contributed by atoms with van der Waals surface area (Å²) in [5.74, 6) is 1.14. The van der Waals surface area contributed by atoms with E-state index in [0.717, 1.165) is 18.4 Å². The topological polar surface area (TPSA) is 0 Å². The molecular weight excluding hydrogens is 776 g/mol. The van der Waals surface area contributed by atoms with Crippen LogP contribution in [0.2, 0.25) is 0 Å². The Morgan fingerprint density at radius 2 is 1.34 bits per heavy atom. The van der Waals surface area contributed by atoms with Crippen LogP contribution in [0.5, 0.6) is 0 Å². The number of hydrogen-bond acceptors (Lipinski definition) is 0. The predicted octanol–water partition coefficient (Wildman–Crippen LogP) is 19.1. The zero-order chi connectivity index (χ0) is 47.6. The molecule has 0 radical (unpaired) electrons. The van der Waals surface area contributed by atoms with Crippen LogP contribution >= 0.6 is 0 Å². The number of fused-ring (bicyclic) bond motifs is 3. The first-order chi connectivity index (χ1) is 30.5. The molecule has 64 heavy (non-hydrogen) atoms. The summed E-state index contributed by atoms with van der Waals surface area (Å²) in [6.07, 6.45) is 17.3. The largest absolute Gasteiger partial charge is 0.207 e. The minimum absolute atomic E-state index is 0.0406. The van der Waals surface area contributed by atoms with Crippen LogP contribution in [0.1, 0.15) is 143 Å². The van der Waals surface area contributed by atoms with E-state index in [1.54, 1.807) is 19.1 Å². The van der Waals surface area contributed by atoms with Crippen molar-refractivity contribution in [1.82, 2.24) is 0 Å². The zero-order valence-corrected chi connectivity index (χ0v) is 41.5. The van der Waals surface area contributed by atoms with Gasteiger partial charge in [0.1, 0.15) is 5.82 Å². The van der Waals surface area contributed by atoms with E-state index in [9.17, 15) is 4.39 Å². The van der Waals surface area contributed by atoms with Crippen molar-refractivity contribution in [2.45, 2.75) is 120 Å². The second-order valence-corrected chi connectivity index (χ2v) is 17.9. The highest BCUT2D eigenvalue weighted by molar-refractivity contribution is 5.91. The molecule has 1 unspecified atom stereocenters. The van der Waals surface area contributed by atoms with Gasteiger partial charge >= 0.3 is 0 Å². The molecule has 5 aromatic carbocycles. The highest BCUT2D eigenvalue weighted by atomic mass is 19.1. The Kier molecular flexibility index (Phi) is 20.9. The molecule has 0 heterocycles. The number of allylic oxidation sites excluding steroid dienone is 8. The molecule has 7 rings (SSSR count). The fraction of sp³-hybridized carbons (Fsp3) is 0.302. The maximum absolute atomic E-state index is 12.3. The van der Waals surface area contributed by atoms with Gasteiger partial charge in [-0.15, -0.1) is 0 Å². The standard InChI is InChI=1S/C21H22.C19H26.C9H14.C7H7F.C7H8/c1-7-15-14(4)12-19-20(16(15)8-2)17-10-9-13(3)11-18(17)21(19,5)6;1-7-14(4)18-12-10-11-13-19(18)16(6)15(5)17(8-2)9-3;1-8(2)9-6-4-3-5-7-9;1-6-4-2-3-5-7(6)8;1-7-5-3-2-4-6-7/h7-12H,1-2H2,3-6H3;8,10-14H,2,6-7,9H2,1,3-5H3;4,6-8H,3,5H2,1-2H3;2-5H,1H3;2-6H,1H3/b;17-15+;;;. The van der Waals surface area contributed by atoms with Crippen LogP contribution in [0.15, 0.2) is 170 Å². The fourth-order valence-electron chi connectivity index (χ4n) is 8.19. The lowest BCUT2D eigenvalue weighted by Crippen LogP contribution is -2.15. The number of aryl methyl sites for hydroxylation is 4. The minimum Gasteiger partial charge on any atom is -0.207 e. The molecule has 5 aromatic rings. The van der Waals surface area contributed by atoms with Crippen LogP contribution in [0.4, 0.5) is 4.39 Å². The molecule has 1 atom stereocenters. The van der Waals surface area contributed by atoms with Crippen LogP contribution in [-0.2, 0) is 5.41 Å². The smallest absolute Gasteiger partial charge is 0.126 e. The predicted molar refractivity (Wildman–Crippen MR) is 285 cm³/mol. The van der Waals surface area contributed by atoms with Crippen molar-refractivity contribution in [2.75, 3.05) is 0 Å². The fourth-order valence-corrected chi connectivity index (χ4v) is 8.19. The minimum atomic E-state index is -0.132. The van der Waals surface area contributed by atoms with Gasteiger partial charge in [-0.25, -0.2) is 4.39 Å². The van der Waals surface area contributed by atoms with Gasteiger partial charge in [0.2, 0.25) is 0 Å². The summed E-state index contributed by atoms with van der Waals surface area (Å²) >= 11 is 0.